The van der Waals surface area contributed by atoms with Gasteiger partial charge in [-0.15, -0.1) is 0 Å². The molecular formula is C22H21FN2O3S. The van der Waals surface area contributed by atoms with E-state index in [1.54, 1.807) is 12.1 Å². The first-order valence-electron chi connectivity index (χ1n) is 9.03. The summed E-state index contributed by atoms with van der Waals surface area (Å²) < 4.78 is 41.2. The maximum atomic E-state index is 13.1. The van der Waals surface area contributed by atoms with Gasteiger partial charge in [0.1, 0.15) is 11.9 Å². The number of rotatable bonds is 7. The first-order chi connectivity index (χ1) is 13.8. The van der Waals surface area contributed by atoms with Crippen LogP contribution in [0.3, 0.4) is 0 Å². The lowest BCUT2D eigenvalue weighted by Gasteiger charge is -2.19. The third-order valence-corrected chi connectivity index (χ3v) is 5.83. The molecule has 0 unspecified atom stereocenters. The highest BCUT2D eigenvalue weighted by Crippen LogP contribution is 2.14. The number of amides is 1. The number of nitrogens with one attached hydrogen (secondary N) is 2. The van der Waals surface area contributed by atoms with Gasteiger partial charge >= 0.3 is 0 Å². The van der Waals surface area contributed by atoms with E-state index in [0.29, 0.717) is 5.69 Å². The van der Waals surface area contributed by atoms with E-state index in [-0.39, 0.29) is 11.3 Å². The first kappa shape index (κ1) is 20.7. The number of carbonyl (C=O) groups excluding carboxylic acids is 1. The topological polar surface area (TPSA) is 75.3 Å². The summed E-state index contributed by atoms with van der Waals surface area (Å²) in [7, 11) is -3.91. The molecule has 0 fully saturated rings. The molecule has 3 aromatic carbocycles. The monoisotopic (exact) mass is 412 g/mol. The lowest BCUT2D eigenvalue weighted by Crippen LogP contribution is -2.45. The molecule has 0 radical (unpaired) electrons. The Hall–Kier alpha value is -3.03. The summed E-state index contributed by atoms with van der Waals surface area (Å²) in [5.74, 6) is -0.958. The molecule has 5 nitrogen and oxygen atoms in total. The van der Waals surface area contributed by atoms with E-state index >= 15 is 0 Å². The maximum absolute atomic E-state index is 13.1. The van der Waals surface area contributed by atoms with Crippen molar-refractivity contribution in [2.75, 3.05) is 5.32 Å². The van der Waals surface area contributed by atoms with Crippen LogP contribution in [-0.4, -0.2) is 20.4 Å². The van der Waals surface area contributed by atoms with Crippen LogP contribution < -0.4 is 10.0 Å². The largest absolute Gasteiger partial charge is 0.325 e. The number of anilines is 1. The van der Waals surface area contributed by atoms with E-state index < -0.39 is 27.8 Å². The number of hydrogen-bond donors (Lipinski definition) is 2. The fourth-order valence-electron chi connectivity index (χ4n) is 2.77. The molecule has 0 heterocycles. The van der Waals surface area contributed by atoms with Gasteiger partial charge in [0, 0.05) is 5.69 Å². The molecule has 0 spiro atoms. The van der Waals surface area contributed by atoms with Gasteiger partial charge in [0.2, 0.25) is 15.9 Å². The van der Waals surface area contributed by atoms with Crippen molar-refractivity contribution in [3.8, 4) is 0 Å². The van der Waals surface area contributed by atoms with Gasteiger partial charge in [-0.1, -0.05) is 48.0 Å². The molecule has 29 heavy (non-hydrogen) atoms. The molecule has 0 aliphatic rings. The Morgan fingerprint density at radius 1 is 0.931 bits per heavy atom. The predicted molar refractivity (Wildman–Crippen MR) is 110 cm³/mol. The van der Waals surface area contributed by atoms with Crippen LogP contribution in [-0.2, 0) is 21.2 Å². The van der Waals surface area contributed by atoms with Gasteiger partial charge in [-0.2, -0.15) is 4.72 Å². The van der Waals surface area contributed by atoms with E-state index in [1.165, 1.54) is 36.4 Å². The Balaban J connectivity index is 1.84. The van der Waals surface area contributed by atoms with Crippen molar-refractivity contribution in [1.29, 1.82) is 0 Å². The summed E-state index contributed by atoms with van der Waals surface area (Å²) in [5, 5.41) is 2.64. The quantitative estimate of drug-likeness (QED) is 0.622. The average molecular weight is 412 g/mol. The Morgan fingerprint density at radius 2 is 1.55 bits per heavy atom. The van der Waals surface area contributed by atoms with Crippen molar-refractivity contribution < 1.29 is 17.6 Å². The van der Waals surface area contributed by atoms with Crippen molar-refractivity contribution in [2.45, 2.75) is 24.3 Å². The van der Waals surface area contributed by atoms with Gasteiger partial charge in [0.25, 0.3) is 0 Å². The van der Waals surface area contributed by atoms with Crippen molar-refractivity contribution in [1.82, 2.24) is 4.72 Å². The minimum atomic E-state index is -3.91. The molecule has 3 aromatic rings. The van der Waals surface area contributed by atoms with Crippen LogP contribution in [0.5, 0.6) is 0 Å². The molecular weight excluding hydrogens is 391 g/mol. The number of sulfonamides is 1. The van der Waals surface area contributed by atoms with Crippen LogP contribution >= 0.6 is 0 Å². The highest BCUT2D eigenvalue weighted by molar-refractivity contribution is 7.89. The van der Waals surface area contributed by atoms with Gasteiger partial charge in [0.15, 0.2) is 0 Å². The van der Waals surface area contributed by atoms with Crippen LogP contribution in [0.25, 0.3) is 0 Å². The second-order valence-corrected chi connectivity index (χ2v) is 8.39. The summed E-state index contributed by atoms with van der Waals surface area (Å²) in [6, 6.07) is 19.7. The molecule has 3 rings (SSSR count). The number of aryl methyl sites for hydroxylation is 1. The second-order valence-electron chi connectivity index (χ2n) is 6.67. The minimum Gasteiger partial charge on any atom is -0.325 e. The van der Waals surface area contributed by atoms with Crippen molar-refractivity contribution >= 4 is 21.6 Å². The van der Waals surface area contributed by atoms with Crippen LogP contribution in [0.1, 0.15) is 11.1 Å². The second kappa shape index (κ2) is 8.98. The molecule has 0 aliphatic heterocycles. The van der Waals surface area contributed by atoms with E-state index in [9.17, 15) is 17.6 Å². The molecule has 0 saturated heterocycles. The lowest BCUT2D eigenvalue weighted by molar-refractivity contribution is -0.117. The smallest absolute Gasteiger partial charge is 0.242 e. The molecule has 0 aliphatic carbocycles. The first-order valence-corrected chi connectivity index (χ1v) is 10.5. The molecule has 2 N–H and O–H groups in total. The van der Waals surface area contributed by atoms with E-state index in [4.69, 9.17) is 0 Å². The molecule has 0 aromatic heterocycles. The van der Waals surface area contributed by atoms with Gasteiger partial charge < -0.3 is 5.32 Å². The number of benzene rings is 3. The summed E-state index contributed by atoms with van der Waals surface area (Å²) in [6.45, 7) is 1.86. The van der Waals surface area contributed by atoms with E-state index in [2.05, 4.69) is 10.0 Å². The molecule has 0 bridgehead atoms. The van der Waals surface area contributed by atoms with Crippen LogP contribution in [0, 0.1) is 12.7 Å². The molecule has 150 valence electrons. The third kappa shape index (κ3) is 5.73. The highest BCUT2D eigenvalue weighted by Gasteiger charge is 2.26. The maximum Gasteiger partial charge on any atom is 0.242 e. The summed E-state index contributed by atoms with van der Waals surface area (Å²) in [5.41, 5.74) is 2.11. The SMILES string of the molecule is Cc1ccc(S(=O)(=O)N[C@H](Cc2ccccc2)C(=O)Nc2ccc(F)cc2)cc1. The number of hydrogen-bond acceptors (Lipinski definition) is 3. The van der Waals surface area contributed by atoms with E-state index in [1.807, 2.05) is 37.3 Å². The van der Waals surface area contributed by atoms with Crippen molar-refractivity contribution in [2.24, 2.45) is 0 Å². The molecule has 0 saturated carbocycles. The Labute approximate surface area is 169 Å². The fourth-order valence-corrected chi connectivity index (χ4v) is 3.97. The summed E-state index contributed by atoms with van der Waals surface area (Å²) in [4.78, 5) is 12.9. The van der Waals surface area contributed by atoms with Gasteiger partial charge in [-0.3, -0.25) is 4.79 Å². The average Bonchev–Trinajstić information content (AvgIpc) is 2.70. The highest BCUT2D eigenvalue weighted by atomic mass is 32.2. The molecule has 1 amide bonds. The normalized spacial score (nSPS) is 12.3. The zero-order valence-electron chi connectivity index (χ0n) is 15.8. The molecule has 7 heteroatoms. The van der Waals surface area contributed by atoms with Crippen molar-refractivity contribution in [3.05, 3.63) is 95.8 Å². The van der Waals surface area contributed by atoms with Crippen molar-refractivity contribution in [3.63, 3.8) is 0 Å². The lowest BCUT2D eigenvalue weighted by atomic mass is 10.1. The van der Waals surface area contributed by atoms with Gasteiger partial charge in [0.05, 0.1) is 4.90 Å². The fraction of sp³-hybridized carbons (Fsp3) is 0.136. The van der Waals surface area contributed by atoms with Gasteiger partial charge in [-0.25, -0.2) is 12.8 Å². The third-order valence-electron chi connectivity index (χ3n) is 4.34. The van der Waals surface area contributed by atoms with E-state index in [0.717, 1.165) is 11.1 Å². The summed E-state index contributed by atoms with van der Waals surface area (Å²) >= 11 is 0. The minimum absolute atomic E-state index is 0.0794. The summed E-state index contributed by atoms with van der Waals surface area (Å²) in [6.07, 6.45) is 0.166. The number of carbonyl (C=O) groups is 1. The molecule has 1 atom stereocenters. The van der Waals surface area contributed by atoms with Gasteiger partial charge in [-0.05, 0) is 55.3 Å². The van der Waals surface area contributed by atoms with Crippen LogP contribution in [0.4, 0.5) is 10.1 Å². The Kier molecular flexibility index (Phi) is 6.41. The predicted octanol–water partition coefficient (Wildman–Crippen LogP) is 3.66. The Morgan fingerprint density at radius 3 is 2.17 bits per heavy atom. The number of halogens is 1. The standard InChI is InChI=1S/C22H21FN2O3S/c1-16-7-13-20(14-8-16)29(27,28)25-21(15-17-5-3-2-4-6-17)22(26)24-19-11-9-18(23)10-12-19/h2-14,21,25H,15H2,1H3,(H,24,26)/t21-/m1/s1. The zero-order chi connectivity index (χ0) is 20.9. The Bertz CT molecular complexity index is 1070. The zero-order valence-corrected chi connectivity index (χ0v) is 16.6. The van der Waals surface area contributed by atoms with Crippen LogP contribution in [0.2, 0.25) is 0 Å². The van der Waals surface area contributed by atoms with Crippen LogP contribution in [0.15, 0.2) is 83.8 Å².